The van der Waals surface area contributed by atoms with Gasteiger partial charge < -0.3 is 0 Å². The Hall–Kier alpha value is -0.260. The lowest BCUT2D eigenvalue weighted by molar-refractivity contribution is 0.380. The third-order valence-electron chi connectivity index (χ3n) is 2.15. The van der Waals surface area contributed by atoms with Crippen molar-refractivity contribution in [2.75, 3.05) is 0 Å². The summed E-state index contributed by atoms with van der Waals surface area (Å²) in [6.07, 6.45) is 7.18. The summed E-state index contributed by atoms with van der Waals surface area (Å²) < 4.78 is 0. The first-order valence-electron chi connectivity index (χ1n) is 4.45. The van der Waals surface area contributed by atoms with Crippen LogP contribution in [0.1, 0.15) is 55.4 Å². The molecule has 0 bridgehead atoms. The fraction of sp³-hybridized carbons (Fsp3) is 0.833. The molecule has 0 N–H and O–H groups in total. The van der Waals surface area contributed by atoms with Gasteiger partial charge in [0.25, 0.3) is 0 Å². The van der Waals surface area contributed by atoms with Crippen molar-refractivity contribution in [1.82, 2.24) is 0 Å². The highest BCUT2D eigenvalue weighted by Gasteiger charge is 2.11. The summed E-state index contributed by atoms with van der Waals surface area (Å²) >= 11 is 0. The Morgan fingerprint density at radius 2 is 1.08 bits per heavy atom. The van der Waals surface area contributed by atoms with Crippen LogP contribution in [0.5, 0.6) is 0 Å². The normalized spacial score (nSPS) is 25.7. The zero-order valence-electron chi connectivity index (χ0n) is 7.72. The maximum absolute atomic E-state index is 2.33. The Bertz CT molecular complexity index is 80.2. The minimum atomic E-state index is 0. The highest BCUT2D eigenvalue weighted by Crippen LogP contribution is 2.23. The topological polar surface area (TPSA) is 0 Å². The van der Waals surface area contributed by atoms with Crippen LogP contribution in [-0.4, -0.2) is 0 Å². The Balaban J connectivity index is -0.000000189. The SMILES string of the molecule is C.C.CC.CC1CC=CCC1C. The van der Waals surface area contributed by atoms with E-state index in [1.165, 1.54) is 12.8 Å². The van der Waals surface area contributed by atoms with E-state index in [4.69, 9.17) is 0 Å². The van der Waals surface area contributed by atoms with Crippen LogP contribution in [-0.2, 0) is 0 Å². The van der Waals surface area contributed by atoms with Crippen LogP contribution >= 0.6 is 0 Å². The highest BCUT2D eigenvalue weighted by molar-refractivity contribution is 4.91. The van der Waals surface area contributed by atoms with E-state index in [0.29, 0.717) is 0 Å². The average molecular weight is 172 g/mol. The van der Waals surface area contributed by atoms with Crippen LogP contribution in [0.2, 0.25) is 0 Å². The third kappa shape index (κ3) is 6.45. The van der Waals surface area contributed by atoms with E-state index in [0.717, 1.165) is 11.8 Å². The molecule has 0 aliphatic heterocycles. The number of rotatable bonds is 0. The van der Waals surface area contributed by atoms with Gasteiger partial charge in [0, 0.05) is 0 Å². The second-order valence-corrected chi connectivity index (χ2v) is 2.90. The lowest BCUT2D eigenvalue weighted by Crippen LogP contribution is -2.08. The molecule has 0 amide bonds. The van der Waals surface area contributed by atoms with Crippen LogP contribution in [0.15, 0.2) is 12.2 Å². The summed E-state index contributed by atoms with van der Waals surface area (Å²) in [5, 5.41) is 0. The average Bonchev–Trinajstić information content (AvgIpc) is 2.00. The zero-order chi connectivity index (χ0) is 7.98. The first-order chi connectivity index (χ1) is 4.80. The van der Waals surface area contributed by atoms with E-state index in [1.807, 2.05) is 13.8 Å². The Labute approximate surface area is 80.1 Å². The zero-order valence-corrected chi connectivity index (χ0v) is 7.72. The molecule has 0 radical (unpaired) electrons. The number of hydrogen-bond donors (Lipinski definition) is 0. The maximum Gasteiger partial charge on any atom is -0.0322 e. The Morgan fingerprint density at radius 1 is 0.833 bits per heavy atom. The smallest absolute Gasteiger partial charge is 0.0322 e. The minimum absolute atomic E-state index is 0. The van der Waals surface area contributed by atoms with Crippen LogP contribution in [0.4, 0.5) is 0 Å². The molecule has 1 rings (SSSR count). The number of hydrogen-bond acceptors (Lipinski definition) is 0. The molecule has 0 aromatic carbocycles. The van der Waals surface area contributed by atoms with Gasteiger partial charge in [-0.2, -0.15) is 0 Å². The molecule has 0 heterocycles. The maximum atomic E-state index is 2.33. The van der Waals surface area contributed by atoms with Gasteiger partial charge in [0.2, 0.25) is 0 Å². The minimum Gasteiger partial charge on any atom is -0.0883 e. The second-order valence-electron chi connectivity index (χ2n) is 2.90. The van der Waals surface area contributed by atoms with E-state index < -0.39 is 0 Å². The molecule has 0 spiro atoms. The first kappa shape index (κ1) is 17.7. The second kappa shape index (κ2) is 10.7. The van der Waals surface area contributed by atoms with Crippen LogP contribution in [0.3, 0.4) is 0 Å². The summed E-state index contributed by atoms with van der Waals surface area (Å²) in [7, 11) is 0. The lowest BCUT2D eigenvalue weighted by atomic mass is 9.86. The molecule has 76 valence electrons. The fourth-order valence-corrected chi connectivity index (χ4v) is 1.09. The van der Waals surface area contributed by atoms with E-state index in [9.17, 15) is 0 Å². The molecule has 12 heavy (non-hydrogen) atoms. The van der Waals surface area contributed by atoms with Gasteiger partial charge in [-0.15, -0.1) is 0 Å². The standard InChI is InChI=1S/C8H14.C2H6.2CH4/c1-7-5-3-4-6-8(7)2;1-2;;/h3-4,7-8H,5-6H2,1-2H3;1-2H3;2*1H4. The summed E-state index contributed by atoms with van der Waals surface area (Å²) in [5.41, 5.74) is 0. The molecule has 0 saturated carbocycles. The lowest BCUT2D eigenvalue weighted by Gasteiger charge is -2.19. The van der Waals surface area contributed by atoms with Gasteiger partial charge in [-0.3, -0.25) is 0 Å². The summed E-state index contributed by atoms with van der Waals surface area (Å²) in [4.78, 5) is 0. The van der Waals surface area contributed by atoms with Crippen molar-refractivity contribution in [2.45, 2.75) is 55.4 Å². The Kier molecular flexibility index (Phi) is 15.9. The predicted octanol–water partition coefficient (Wildman–Crippen LogP) is 4.91. The summed E-state index contributed by atoms with van der Waals surface area (Å²) in [5.74, 6) is 1.83. The molecular weight excluding hydrogens is 144 g/mol. The van der Waals surface area contributed by atoms with Crippen molar-refractivity contribution in [3.63, 3.8) is 0 Å². The number of allylic oxidation sites excluding steroid dienone is 2. The van der Waals surface area contributed by atoms with Gasteiger partial charge in [0.15, 0.2) is 0 Å². The highest BCUT2D eigenvalue weighted by atomic mass is 14.2. The molecule has 2 atom stereocenters. The van der Waals surface area contributed by atoms with Crippen LogP contribution in [0, 0.1) is 11.8 Å². The Morgan fingerprint density at radius 3 is 1.25 bits per heavy atom. The molecule has 0 aromatic heterocycles. The third-order valence-corrected chi connectivity index (χ3v) is 2.15. The van der Waals surface area contributed by atoms with Gasteiger partial charge in [0.1, 0.15) is 0 Å². The molecule has 0 aromatic rings. The van der Waals surface area contributed by atoms with Crippen molar-refractivity contribution >= 4 is 0 Å². The van der Waals surface area contributed by atoms with Gasteiger partial charge in [-0.25, -0.2) is 0 Å². The predicted molar refractivity (Wildman–Crippen MR) is 61.5 cm³/mol. The largest absolute Gasteiger partial charge is 0.0883 e. The van der Waals surface area contributed by atoms with E-state index >= 15 is 0 Å². The monoisotopic (exact) mass is 172 g/mol. The van der Waals surface area contributed by atoms with Gasteiger partial charge in [-0.05, 0) is 24.7 Å². The van der Waals surface area contributed by atoms with Gasteiger partial charge in [-0.1, -0.05) is 54.7 Å². The van der Waals surface area contributed by atoms with E-state index in [2.05, 4.69) is 26.0 Å². The quantitative estimate of drug-likeness (QED) is 0.456. The molecule has 0 heteroatoms. The van der Waals surface area contributed by atoms with E-state index in [-0.39, 0.29) is 14.9 Å². The molecule has 2 unspecified atom stereocenters. The summed E-state index contributed by atoms with van der Waals surface area (Å²) in [6, 6.07) is 0. The van der Waals surface area contributed by atoms with Crippen molar-refractivity contribution in [2.24, 2.45) is 11.8 Å². The molecule has 0 nitrogen and oxygen atoms in total. The molecule has 1 aliphatic rings. The fourth-order valence-electron chi connectivity index (χ4n) is 1.09. The van der Waals surface area contributed by atoms with Crippen molar-refractivity contribution in [3.05, 3.63) is 12.2 Å². The van der Waals surface area contributed by atoms with Crippen molar-refractivity contribution < 1.29 is 0 Å². The molecule has 1 aliphatic carbocycles. The van der Waals surface area contributed by atoms with Gasteiger partial charge in [0.05, 0.1) is 0 Å². The van der Waals surface area contributed by atoms with Crippen LogP contribution in [0.25, 0.3) is 0 Å². The molecule has 0 saturated heterocycles. The van der Waals surface area contributed by atoms with Crippen molar-refractivity contribution in [1.29, 1.82) is 0 Å². The van der Waals surface area contributed by atoms with Crippen molar-refractivity contribution in [3.8, 4) is 0 Å². The van der Waals surface area contributed by atoms with Gasteiger partial charge >= 0.3 is 0 Å². The first-order valence-corrected chi connectivity index (χ1v) is 4.45. The summed E-state index contributed by atoms with van der Waals surface area (Å²) in [6.45, 7) is 8.66. The molecule has 0 fully saturated rings. The van der Waals surface area contributed by atoms with Crippen LogP contribution < -0.4 is 0 Å². The molecular formula is C12H28. The van der Waals surface area contributed by atoms with E-state index in [1.54, 1.807) is 0 Å².